The van der Waals surface area contributed by atoms with E-state index in [1.807, 2.05) is 6.08 Å². The Kier molecular flexibility index (Phi) is 5.54. The van der Waals surface area contributed by atoms with Gasteiger partial charge in [0.25, 0.3) is 0 Å². The van der Waals surface area contributed by atoms with Crippen LogP contribution in [-0.4, -0.2) is 12.6 Å². The predicted octanol–water partition coefficient (Wildman–Crippen LogP) is 4.15. The molecule has 1 aliphatic carbocycles. The van der Waals surface area contributed by atoms with Gasteiger partial charge in [-0.2, -0.15) is 0 Å². The first-order valence-electron chi connectivity index (χ1n) is 6.96. The average Bonchev–Trinajstić information content (AvgIpc) is 2.57. The highest BCUT2D eigenvalue weighted by Crippen LogP contribution is 2.45. The normalized spacial score (nSPS) is 25.6. The molecule has 0 spiro atoms. The number of unbranched alkanes of at least 4 members (excludes halogenated alkanes) is 1. The third kappa shape index (κ3) is 3.62. The topological polar surface area (TPSA) is 12.0 Å². The van der Waals surface area contributed by atoms with Crippen molar-refractivity contribution in [2.24, 2.45) is 11.3 Å². The number of rotatable bonds is 7. The van der Waals surface area contributed by atoms with Crippen LogP contribution in [0.25, 0.3) is 0 Å². The lowest BCUT2D eigenvalue weighted by atomic mass is 9.76. The summed E-state index contributed by atoms with van der Waals surface area (Å²) in [6.07, 6.45) is 10.0. The molecule has 0 bridgehead atoms. The first-order chi connectivity index (χ1) is 7.61. The number of hydrogen-bond donors (Lipinski definition) is 1. The molecule has 0 aromatic heterocycles. The zero-order valence-corrected chi connectivity index (χ0v) is 11.4. The van der Waals surface area contributed by atoms with Crippen molar-refractivity contribution in [2.75, 3.05) is 6.54 Å². The molecular formula is C15H29N. The van der Waals surface area contributed by atoms with E-state index in [4.69, 9.17) is 0 Å². The van der Waals surface area contributed by atoms with Gasteiger partial charge in [-0.25, -0.2) is 0 Å². The minimum absolute atomic E-state index is 0.543. The van der Waals surface area contributed by atoms with Gasteiger partial charge < -0.3 is 5.32 Å². The highest BCUT2D eigenvalue weighted by Gasteiger charge is 2.38. The SMILES string of the molecule is C=CCCCC(NCC)C1CCCC1(C)C. The molecule has 2 unspecified atom stereocenters. The molecule has 0 aromatic rings. The van der Waals surface area contributed by atoms with Crippen LogP contribution in [0.2, 0.25) is 0 Å². The molecule has 0 heterocycles. The molecule has 0 aliphatic heterocycles. The number of hydrogen-bond acceptors (Lipinski definition) is 1. The molecule has 94 valence electrons. The van der Waals surface area contributed by atoms with E-state index >= 15 is 0 Å². The van der Waals surface area contributed by atoms with Gasteiger partial charge in [-0.05, 0) is 50.0 Å². The summed E-state index contributed by atoms with van der Waals surface area (Å²) in [6.45, 7) is 12.0. The summed E-state index contributed by atoms with van der Waals surface area (Å²) in [7, 11) is 0. The Hall–Kier alpha value is -0.300. The predicted molar refractivity (Wildman–Crippen MR) is 72.6 cm³/mol. The monoisotopic (exact) mass is 223 g/mol. The molecule has 1 nitrogen and oxygen atoms in total. The first-order valence-corrected chi connectivity index (χ1v) is 6.96. The number of nitrogens with one attached hydrogen (secondary N) is 1. The quantitative estimate of drug-likeness (QED) is 0.505. The molecule has 1 fully saturated rings. The lowest BCUT2D eigenvalue weighted by Gasteiger charge is -2.34. The van der Waals surface area contributed by atoms with Crippen LogP contribution in [0.4, 0.5) is 0 Å². The average molecular weight is 223 g/mol. The second-order valence-electron chi connectivity index (χ2n) is 5.87. The standard InChI is InChI=1S/C15H29N/c1-5-7-8-11-14(16-6-2)13-10-9-12-15(13,3)4/h5,13-14,16H,1,6-12H2,2-4H3. The van der Waals surface area contributed by atoms with Gasteiger partial charge in [-0.3, -0.25) is 0 Å². The minimum atomic E-state index is 0.543. The Morgan fingerprint density at radius 3 is 2.75 bits per heavy atom. The van der Waals surface area contributed by atoms with Gasteiger partial charge in [0.15, 0.2) is 0 Å². The molecule has 2 atom stereocenters. The summed E-state index contributed by atoms with van der Waals surface area (Å²) in [5.74, 6) is 0.872. The Morgan fingerprint density at radius 2 is 2.25 bits per heavy atom. The van der Waals surface area contributed by atoms with Gasteiger partial charge in [0, 0.05) is 6.04 Å². The van der Waals surface area contributed by atoms with E-state index in [9.17, 15) is 0 Å². The Bertz CT molecular complexity index is 207. The van der Waals surface area contributed by atoms with Crippen molar-refractivity contribution < 1.29 is 0 Å². The van der Waals surface area contributed by atoms with Gasteiger partial charge in [-0.15, -0.1) is 6.58 Å². The molecule has 1 heteroatoms. The van der Waals surface area contributed by atoms with Crippen molar-refractivity contribution in [1.29, 1.82) is 0 Å². The molecule has 16 heavy (non-hydrogen) atoms. The Balaban J connectivity index is 2.51. The molecule has 0 saturated heterocycles. The molecule has 1 saturated carbocycles. The lowest BCUT2D eigenvalue weighted by Crippen LogP contribution is -2.40. The third-order valence-electron chi connectivity index (χ3n) is 4.22. The van der Waals surface area contributed by atoms with E-state index in [2.05, 4.69) is 32.7 Å². The summed E-state index contributed by atoms with van der Waals surface area (Å²) in [5.41, 5.74) is 0.543. The van der Waals surface area contributed by atoms with Gasteiger partial charge >= 0.3 is 0 Å². The maximum atomic E-state index is 3.81. The zero-order chi connectivity index (χ0) is 12.0. The fourth-order valence-electron chi connectivity index (χ4n) is 3.29. The van der Waals surface area contributed by atoms with Crippen LogP contribution < -0.4 is 5.32 Å². The van der Waals surface area contributed by atoms with Crippen LogP contribution in [0.15, 0.2) is 12.7 Å². The highest BCUT2D eigenvalue weighted by atomic mass is 14.9. The molecule has 0 aromatic carbocycles. The molecule has 0 amide bonds. The Labute approximate surface area is 102 Å². The maximum Gasteiger partial charge on any atom is 0.0100 e. The second-order valence-corrected chi connectivity index (χ2v) is 5.87. The van der Waals surface area contributed by atoms with Crippen molar-refractivity contribution in [3.8, 4) is 0 Å². The van der Waals surface area contributed by atoms with Crippen LogP contribution in [0.5, 0.6) is 0 Å². The molecule has 1 aliphatic rings. The zero-order valence-electron chi connectivity index (χ0n) is 11.4. The molecule has 1 rings (SSSR count). The van der Waals surface area contributed by atoms with Gasteiger partial charge in [0.2, 0.25) is 0 Å². The van der Waals surface area contributed by atoms with Crippen molar-refractivity contribution in [3.63, 3.8) is 0 Å². The van der Waals surface area contributed by atoms with Crippen LogP contribution in [-0.2, 0) is 0 Å². The van der Waals surface area contributed by atoms with E-state index in [0.717, 1.165) is 24.9 Å². The van der Waals surface area contributed by atoms with Crippen LogP contribution >= 0.6 is 0 Å². The summed E-state index contributed by atoms with van der Waals surface area (Å²) in [5, 5.41) is 3.70. The number of allylic oxidation sites excluding steroid dienone is 1. The van der Waals surface area contributed by atoms with E-state index in [1.54, 1.807) is 0 Å². The largest absolute Gasteiger partial charge is 0.314 e. The summed E-state index contributed by atoms with van der Waals surface area (Å²) >= 11 is 0. The van der Waals surface area contributed by atoms with E-state index in [-0.39, 0.29) is 0 Å². The van der Waals surface area contributed by atoms with E-state index in [0.29, 0.717) is 5.41 Å². The van der Waals surface area contributed by atoms with Crippen LogP contribution in [0, 0.1) is 11.3 Å². The van der Waals surface area contributed by atoms with E-state index < -0.39 is 0 Å². The highest BCUT2D eigenvalue weighted by molar-refractivity contribution is 4.92. The minimum Gasteiger partial charge on any atom is -0.314 e. The molecule has 0 radical (unpaired) electrons. The van der Waals surface area contributed by atoms with Crippen LogP contribution in [0.3, 0.4) is 0 Å². The summed E-state index contributed by atoms with van der Waals surface area (Å²) in [6, 6.07) is 0.724. The van der Waals surface area contributed by atoms with E-state index in [1.165, 1.54) is 32.1 Å². The second kappa shape index (κ2) is 6.44. The van der Waals surface area contributed by atoms with Gasteiger partial charge in [-0.1, -0.05) is 33.3 Å². The fourth-order valence-corrected chi connectivity index (χ4v) is 3.29. The van der Waals surface area contributed by atoms with Crippen LogP contribution in [0.1, 0.15) is 59.3 Å². The Morgan fingerprint density at radius 1 is 1.50 bits per heavy atom. The smallest absolute Gasteiger partial charge is 0.0100 e. The molecule has 1 N–H and O–H groups in total. The first kappa shape index (κ1) is 13.8. The van der Waals surface area contributed by atoms with Crippen molar-refractivity contribution >= 4 is 0 Å². The van der Waals surface area contributed by atoms with Crippen molar-refractivity contribution in [2.45, 2.75) is 65.3 Å². The molecular weight excluding hydrogens is 194 g/mol. The lowest BCUT2D eigenvalue weighted by molar-refractivity contribution is 0.189. The third-order valence-corrected chi connectivity index (χ3v) is 4.22. The van der Waals surface area contributed by atoms with Gasteiger partial charge in [0.1, 0.15) is 0 Å². The fraction of sp³-hybridized carbons (Fsp3) is 0.867. The summed E-state index contributed by atoms with van der Waals surface area (Å²) < 4.78 is 0. The van der Waals surface area contributed by atoms with Gasteiger partial charge in [0.05, 0.1) is 0 Å². The van der Waals surface area contributed by atoms with Crippen molar-refractivity contribution in [3.05, 3.63) is 12.7 Å². The summed E-state index contributed by atoms with van der Waals surface area (Å²) in [4.78, 5) is 0. The maximum absolute atomic E-state index is 3.81. The van der Waals surface area contributed by atoms with Crippen molar-refractivity contribution in [1.82, 2.24) is 5.32 Å².